The summed E-state index contributed by atoms with van der Waals surface area (Å²) in [5.41, 5.74) is 9.48. The van der Waals surface area contributed by atoms with E-state index in [4.69, 9.17) is 5.73 Å². The summed E-state index contributed by atoms with van der Waals surface area (Å²) in [5, 5.41) is 4.80. The van der Waals surface area contributed by atoms with Gasteiger partial charge in [0.2, 0.25) is 0 Å². The van der Waals surface area contributed by atoms with Gasteiger partial charge in [-0.2, -0.15) is 0 Å². The van der Waals surface area contributed by atoms with E-state index in [1.54, 1.807) is 11.1 Å². The van der Waals surface area contributed by atoms with Crippen molar-refractivity contribution in [2.45, 2.75) is 69.4 Å². The van der Waals surface area contributed by atoms with Crippen LogP contribution in [0.2, 0.25) is 0 Å². The zero-order chi connectivity index (χ0) is 20.4. The van der Waals surface area contributed by atoms with E-state index in [0.717, 1.165) is 5.92 Å². The molecule has 3 N–H and O–H groups in total. The summed E-state index contributed by atoms with van der Waals surface area (Å²) in [6.45, 7) is 7.81. The predicted molar refractivity (Wildman–Crippen MR) is 128 cm³/mol. The topological polar surface area (TPSA) is 38.0 Å². The van der Waals surface area contributed by atoms with E-state index in [-0.39, 0.29) is 0 Å². The predicted octanol–water partition coefficient (Wildman–Crippen LogP) is 5.75. The number of thioether (sulfide) groups is 1. The molecule has 3 aliphatic carbocycles. The molecule has 0 aromatic heterocycles. The molecule has 0 radical (unpaired) electrons. The molecule has 0 aromatic carbocycles. The lowest BCUT2D eigenvalue weighted by atomic mass is 9.66. The fourth-order valence-electron chi connectivity index (χ4n) is 5.77. The van der Waals surface area contributed by atoms with Crippen LogP contribution in [-0.4, -0.2) is 23.2 Å². The zero-order valence-corrected chi connectivity index (χ0v) is 19.1. The second-order valence-corrected chi connectivity index (χ2v) is 11.6. The zero-order valence-electron chi connectivity index (χ0n) is 18.3. The Morgan fingerprint density at radius 2 is 1.97 bits per heavy atom. The molecule has 0 spiro atoms. The first-order valence-electron chi connectivity index (χ1n) is 11.5. The average Bonchev–Trinajstić information content (AvgIpc) is 3.05. The van der Waals surface area contributed by atoms with E-state index in [1.807, 2.05) is 0 Å². The van der Waals surface area contributed by atoms with E-state index in [1.165, 1.54) is 32.1 Å². The van der Waals surface area contributed by atoms with Crippen LogP contribution in [0.3, 0.4) is 0 Å². The Balaban J connectivity index is 1.50. The third kappa shape index (κ3) is 4.68. The number of hydrogen-bond acceptors (Lipinski definition) is 3. The maximum atomic E-state index is 5.91. The largest absolute Gasteiger partial charge is 0.318 e. The van der Waals surface area contributed by atoms with Gasteiger partial charge in [0.15, 0.2) is 0 Å². The van der Waals surface area contributed by atoms with Gasteiger partial charge >= 0.3 is 0 Å². The van der Waals surface area contributed by atoms with Crippen molar-refractivity contribution in [1.82, 2.24) is 5.32 Å². The van der Waals surface area contributed by atoms with E-state index in [0.29, 0.717) is 40.5 Å². The fourth-order valence-corrected chi connectivity index (χ4v) is 7.55. The summed E-state index contributed by atoms with van der Waals surface area (Å²) >= 11 is 2.15. The minimum absolute atomic E-state index is 0.355. The summed E-state index contributed by atoms with van der Waals surface area (Å²) in [6, 6.07) is 0.475. The van der Waals surface area contributed by atoms with E-state index in [2.05, 4.69) is 86.5 Å². The minimum atomic E-state index is 0.355. The quantitative estimate of drug-likeness (QED) is 0.447. The molecule has 1 aliphatic heterocycles. The number of fused-ring (bicyclic) bond motifs is 1. The number of nitrogens with two attached hydrogens (primary N) is 1. The summed E-state index contributed by atoms with van der Waals surface area (Å²) in [7, 11) is 0. The molecule has 29 heavy (non-hydrogen) atoms. The van der Waals surface area contributed by atoms with Crippen molar-refractivity contribution in [1.29, 1.82) is 0 Å². The highest BCUT2D eigenvalue weighted by atomic mass is 32.2. The molecule has 0 bridgehead atoms. The minimum Gasteiger partial charge on any atom is -0.318 e. The van der Waals surface area contributed by atoms with Crippen LogP contribution < -0.4 is 11.1 Å². The van der Waals surface area contributed by atoms with Crippen LogP contribution in [0.5, 0.6) is 0 Å². The highest BCUT2D eigenvalue weighted by molar-refractivity contribution is 8.01. The third-order valence-electron chi connectivity index (χ3n) is 7.22. The van der Waals surface area contributed by atoms with Crippen LogP contribution in [0.15, 0.2) is 59.8 Å². The third-order valence-corrected chi connectivity index (χ3v) is 8.82. The Bertz CT molecular complexity index is 736. The Kier molecular flexibility index (Phi) is 6.58. The van der Waals surface area contributed by atoms with Gasteiger partial charge in [-0.05, 0) is 49.0 Å². The van der Waals surface area contributed by atoms with Crippen LogP contribution in [0, 0.1) is 23.2 Å². The van der Waals surface area contributed by atoms with Gasteiger partial charge in [0.1, 0.15) is 0 Å². The Morgan fingerprint density at radius 1 is 1.14 bits per heavy atom. The van der Waals surface area contributed by atoms with Crippen molar-refractivity contribution in [3.05, 3.63) is 59.8 Å². The molecule has 4 rings (SSSR count). The molecule has 0 aromatic rings. The normalized spacial score (nSPS) is 36.7. The van der Waals surface area contributed by atoms with E-state index < -0.39 is 0 Å². The van der Waals surface area contributed by atoms with Crippen LogP contribution in [0.4, 0.5) is 0 Å². The summed E-state index contributed by atoms with van der Waals surface area (Å²) in [6.07, 6.45) is 25.3. The van der Waals surface area contributed by atoms with Crippen molar-refractivity contribution in [2.24, 2.45) is 28.9 Å². The molecule has 3 heteroatoms. The van der Waals surface area contributed by atoms with E-state index >= 15 is 0 Å². The second kappa shape index (κ2) is 8.99. The van der Waals surface area contributed by atoms with Gasteiger partial charge in [-0.25, -0.2) is 0 Å². The fraction of sp³-hybridized carbons (Fsp3) is 0.615. The molecule has 1 fully saturated rings. The molecule has 6 unspecified atom stereocenters. The molecule has 0 amide bonds. The average molecular weight is 411 g/mol. The Labute approximate surface area is 181 Å². The second-order valence-electron chi connectivity index (χ2n) is 10.2. The van der Waals surface area contributed by atoms with Crippen LogP contribution in [0.1, 0.15) is 52.9 Å². The SMILES string of the molecule is CC(C)(C)C1CCC=CC1C1=CCCC(CC2SC3C=CC=CC3C2NCN)=C1. The Morgan fingerprint density at radius 3 is 2.76 bits per heavy atom. The van der Waals surface area contributed by atoms with Crippen molar-refractivity contribution >= 4 is 11.8 Å². The van der Waals surface area contributed by atoms with Gasteiger partial charge in [-0.15, -0.1) is 11.8 Å². The molecule has 2 nitrogen and oxygen atoms in total. The number of allylic oxidation sites excluding steroid dienone is 8. The van der Waals surface area contributed by atoms with Crippen molar-refractivity contribution < 1.29 is 0 Å². The molecule has 158 valence electrons. The number of rotatable bonds is 5. The first kappa shape index (κ1) is 21.2. The first-order valence-corrected chi connectivity index (χ1v) is 12.4. The van der Waals surface area contributed by atoms with Crippen LogP contribution >= 0.6 is 11.8 Å². The molecular formula is C26H38N2S. The monoisotopic (exact) mass is 410 g/mol. The highest BCUT2D eigenvalue weighted by Gasteiger charge is 2.42. The van der Waals surface area contributed by atoms with Gasteiger partial charge < -0.3 is 11.1 Å². The molecule has 1 saturated heterocycles. The summed E-state index contributed by atoms with van der Waals surface area (Å²) < 4.78 is 0. The maximum absolute atomic E-state index is 5.91. The van der Waals surface area contributed by atoms with Gasteiger partial charge in [0.05, 0.1) is 0 Å². The van der Waals surface area contributed by atoms with Crippen LogP contribution in [-0.2, 0) is 0 Å². The summed E-state index contributed by atoms with van der Waals surface area (Å²) in [4.78, 5) is 0. The lowest BCUT2D eigenvalue weighted by molar-refractivity contribution is 0.184. The smallest absolute Gasteiger partial charge is 0.0431 e. The van der Waals surface area contributed by atoms with Gasteiger partial charge in [0, 0.05) is 35.0 Å². The lowest BCUT2D eigenvalue weighted by Gasteiger charge is -2.39. The van der Waals surface area contributed by atoms with Crippen molar-refractivity contribution in [2.75, 3.05) is 6.67 Å². The lowest BCUT2D eigenvalue weighted by Crippen LogP contribution is -2.43. The van der Waals surface area contributed by atoms with Gasteiger partial charge in [0.25, 0.3) is 0 Å². The van der Waals surface area contributed by atoms with Crippen LogP contribution in [0.25, 0.3) is 0 Å². The van der Waals surface area contributed by atoms with Crippen molar-refractivity contribution in [3.63, 3.8) is 0 Å². The summed E-state index contributed by atoms with van der Waals surface area (Å²) in [5.74, 6) is 1.89. The van der Waals surface area contributed by atoms with Gasteiger partial charge in [-0.1, -0.05) is 75.0 Å². The maximum Gasteiger partial charge on any atom is 0.0431 e. The van der Waals surface area contributed by atoms with Crippen molar-refractivity contribution in [3.8, 4) is 0 Å². The number of hydrogen-bond donors (Lipinski definition) is 2. The molecule has 0 saturated carbocycles. The molecule has 6 atom stereocenters. The molecule has 1 heterocycles. The first-order chi connectivity index (χ1) is 14.0. The standard InChI is InChI=1S/C26H38N2S/c1-26(2,3)22-13-6-4-11-20(22)19-10-8-9-18(15-19)16-24-25(28-17-27)21-12-5-7-14-23(21)29-24/h4-5,7,10-12,14-15,20-25,28H,6,8-9,13,16-17,27H2,1-3H3. The highest BCUT2D eigenvalue weighted by Crippen LogP contribution is 2.47. The Hall–Kier alpha value is -1.03. The molecule has 4 aliphatic rings. The van der Waals surface area contributed by atoms with E-state index in [9.17, 15) is 0 Å². The van der Waals surface area contributed by atoms with Gasteiger partial charge in [-0.3, -0.25) is 0 Å². The molecular weight excluding hydrogens is 372 g/mol. The number of nitrogens with one attached hydrogen (secondary N) is 1.